The van der Waals surface area contributed by atoms with E-state index in [-0.39, 0.29) is 12.0 Å². The first-order chi connectivity index (χ1) is 11.4. The quantitative estimate of drug-likeness (QED) is 0.742. The fraction of sp³-hybridized carbons (Fsp3) is 0.316. The molecule has 0 bridgehead atoms. The Labute approximate surface area is 138 Å². The van der Waals surface area contributed by atoms with Gasteiger partial charge >= 0.3 is 6.18 Å². The number of halogens is 3. The lowest BCUT2D eigenvalue weighted by Gasteiger charge is -2.29. The Kier molecular flexibility index (Phi) is 3.41. The Morgan fingerprint density at radius 2 is 1.75 bits per heavy atom. The van der Waals surface area contributed by atoms with Gasteiger partial charge in [-0.1, -0.05) is 36.4 Å². The maximum Gasteiger partial charge on any atom is 0.416 e. The summed E-state index contributed by atoms with van der Waals surface area (Å²) in [6.45, 7) is 0. The molecule has 2 atom stereocenters. The van der Waals surface area contributed by atoms with E-state index in [0.29, 0.717) is 0 Å². The zero-order chi connectivity index (χ0) is 16.9. The molecule has 1 aliphatic heterocycles. The minimum atomic E-state index is -4.30. The fourth-order valence-corrected chi connectivity index (χ4v) is 3.88. The zero-order valence-corrected chi connectivity index (χ0v) is 13.2. The molecule has 2 aromatic rings. The lowest BCUT2D eigenvalue weighted by atomic mass is 9.77. The number of fused-ring (bicyclic) bond motifs is 3. The number of nitrogens with zero attached hydrogens (tertiary/aromatic N) is 2. The molecule has 5 heteroatoms. The van der Waals surface area contributed by atoms with Crippen LogP contribution in [0.3, 0.4) is 0 Å². The standard InChI is InChI=1S/C19H17F3N2/c1-24-18(13-6-9-14(10-7-13)19(20,21)22)16-11-8-12-4-2-3-5-15(12)17(16)23-24/h2-7,9-10,16,18H,8,11H2,1H3. The summed E-state index contributed by atoms with van der Waals surface area (Å²) < 4.78 is 38.3. The van der Waals surface area contributed by atoms with Crippen LogP contribution in [0, 0.1) is 5.92 Å². The summed E-state index contributed by atoms with van der Waals surface area (Å²) in [7, 11) is 1.90. The second-order valence-electron chi connectivity index (χ2n) is 6.43. The zero-order valence-electron chi connectivity index (χ0n) is 13.2. The number of hydrogen-bond donors (Lipinski definition) is 0. The van der Waals surface area contributed by atoms with E-state index in [1.807, 2.05) is 24.2 Å². The maximum absolute atomic E-state index is 12.8. The van der Waals surface area contributed by atoms with E-state index in [2.05, 4.69) is 12.1 Å². The largest absolute Gasteiger partial charge is 0.416 e. The second-order valence-corrected chi connectivity index (χ2v) is 6.43. The van der Waals surface area contributed by atoms with Gasteiger partial charge in [-0.05, 0) is 36.1 Å². The summed E-state index contributed by atoms with van der Waals surface area (Å²) in [6, 6.07) is 13.8. The van der Waals surface area contributed by atoms with E-state index in [1.165, 1.54) is 11.1 Å². The van der Waals surface area contributed by atoms with E-state index in [1.54, 1.807) is 12.1 Å². The third kappa shape index (κ3) is 2.39. The molecule has 0 aromatic heterocycles. The summed E-state index contributed by atoms with van der Waals surface area (Å²) in [5, 5.41) is 6.60. The Morgan fingerprint density at radius 3 is 2.46 bits per heavy atom. The van der Waals surface area contributed by atoms with Gasteiger partial charge in [0.1, 0.15) is 0 Å². The highest BCUT2D eigenvalue weighted by atomic mass is 19.4. The summed E-state index contributed by atoms with van der Waals surface area (Å²) in [5.74, 6) is 0.224. The fourth-order valence-electron chi connectivity index (χ4n) is 3.88. The van der Waals surface area contributed by atoms with Crippen LogP contribution in [0.4, 0.5) is 13.2 Å². The number of hydrogen-bond acceptors (Lipinski definition) is 2. The topological polar surface area (TPSA) is 15.6 Å². The third-order valence-corrected chi connectivity index (χ3v) is 5.00. The first kappa shape index (κ1) is 15.2. The van der Waals surface area contributed by atoms with Crippen molar-refractivity contribution < 1.29 is 13.2 Å². The second kappa shape index (κ2) is 5.36. The molecule has 4 rings (SSSR count). The molecule has 0 fully saturated rings. The van der Waals surface area contributed by atoms with Crippen LogP contribution in [-0.2, 0) is 12.6 Å². The van der Waals surface area contributed by atoms with Crippen molar-refractivity contribution in [3.05, 3.63) is 70.8 Å². The summed E-state index contributed by atoms with van der Waals surface area (Å²) in [5.41, 5.74) is 3.81. The SMILES string of the molecule is CN1N=C2c3ccccc3CCC2C1c1ccc(C(F)(F)F)cc1. The Bertz CT molecular complexity index is 793. The molecule has 2 aliphatic rings. The Balaban J connectivity index is 1.67. The highest BCUT2D eigenvalue weighted by Crippen LogP contribution is 2.42. The molecule has 0 N–H and O–H groups in total. The number of rotatable bonds is 1. The van der Waals surface area contributed by atoms with Crippen molar-refractivity contribution in [1.82, 2.24) is 5.01 Å². The first-order valence-corrected chi connectivity index (χ1v) is 8.02. The third-order valence-electron chi connectivity index (χ3n) is 5.00. The van der Waals surface area contributed by atoms with Crippen molar-refractivity contribution in [2.45, 2.75) is 25.1 Å². The molecule has 2 unspecified atom stereocenters. The molecule has 2 aromatic carbocycles. The minimum absolute atomic E-state index is 0.00404. The Hall–Kier alpha value is -2.30. The van der Waals surface area contributed by atoms with E-state index in [4.69, 9.17) is 5.10 Å². The van der Waals surface area contributed by atoms with Gasteiger partial charge in [0.05, 0.1) is 17.3 Å². The van der Waals surface area contributed by atoms with Crippen LogP contribution in [0.5, 0.6) is 0 Å². The van der Waals surface area contributed by atoms with Gasteiger partial charge in [0.2, 0.25) is 0 Å². The molecule has 1 heterocycles. The number of aryl methyl sites for hydroxylation is 1. The van der Waals surface area contributed by atoms with Crippen LogP contribution in [0.2, 0.25) is 0 Å². The van der Waals surface area contributed by atoms with Crippen LogP contribution in [0.15, 0.2) is 53.6 Å². The van der Waals surface area contributed by atoms with Crippen LogP contribution >= 0.6 is 0 Å². The van der Waals surface area contributed by atoms with Crippen molar-refractivity contribution in [3.8, 4) is 0 Å². The molecule has 24 heavy (non-hydrogen) atoms. The van der Waals surface area contributed by atoms with E-state index in [9.17, 15) is 13.2 Å². The molecule has 1 aliphatic carbocycles. The minimum Gasteiger partial charge on any atom is -0.292 e. The maximum atomic E-state index is 12.8. The van der Waals surface area contributed by atoms with Crippen molar-refractivity contribution in [2.75, 3.05) is 7.05 Å². The predicted octanol–water partition coefficient (Wildman–Crippen LogP) is 4.66. The Morgan fingerprint density at radius 1 is 1.04 bits per heavy atom. The van der Waals surface area contributed by atoms with Gasteiger partial charge in [-0.3, -0.25) is 5.01 Å². The van der Waals surface area contributed by atoms with Gasteiger partial charge < -0.3 is 0 Å². The van der Waals surface area contributed by atoms with Crippen molar-refractivity contribution in [3.63, 3.8) is 0 Å². The van der Waals surface area contributed by atoms with Crippen molar-refractivity contribution >= 4 is 5.71 Å². The molecule has 0 radical (unpaired) electrons. The average molecular weight is 330 g/mol. The molecule has 0 saturated heterocycles. The van der Waals surface area contributed by atoms with E-state index < -0.39 is 11.7 Å². The number of benzene rings is 2. The molecular formula is C19H17F3N2. The highest BCUT2D eigenvalue weighted by molar-refractivity contribution is 6.05. The normalized spacial score (nSPS) is 22.8. The van der Waals surface area contributed by atoms with Crippen molar-refractivity contribution in [1.29, 1.82) is 0 Å². The molecule has 2 nitrogen and oxygen atoms in total. The molecule has 124 valence electrons. The lowest BCUT2D eigenvalue weighted by Crippen LogP contribution is -2.27. The molecule has 0 spiro atoms. The van der Waals surface area contributed by atoms with Gasteiger partial charge in [0.15, 0.2) is 0 Å². The van der Waals surface area contributed by atoms with Crippen molar-refractivity contribution in [2.24, 2.45) is 11.0 Å². The summed E-state index contributed by atoms with van der Waals surface area (Å²) in [4.78, 5) is 0. The number of alkyl halides is 3. The first-order valence-electron chi connectivity index (χ1n) is 8.02. The van der Waals surface area contributed by atoms with Crippen LogP contribution in [0.25, 0.3) is 0 Å². The van der Waals surface area contributed by atoms with Gasteiger partial charge in [0.25, 0.3) is 0 Å². The van der Waals surface area contributed by atoms with Gasteiger partial charge in [0, 0.05) is 18.5 Å². The van der Waals surface area contributed by atoms with E-state index in [0.717, 1.165) is 36.2 Å². The molecular weight excluding hydrogens is 313 g/mol. The van der Waals surface area contributed by atoms with Gasteiger partial charge in [-0.25, -0.2) is 0 Å². The van der Waals surface area contributed by atoms with Crippen LogP contribution < -0.4 is 0 Å². The summed E-state index contributed by atoms with van der Waals surface area (Å²) >= 11 is 0. The lowest BCUT2D eigenvalue weighted by molar-refractivity contribution is -0.137. The molecule has 0 saturated carbocycles. The number of hydrazone groups is 1. The van der Waals surface area contributed by atoms with Gasteiger partial charge in [-0.15, -0.1) is 0 Å². The monoisotopic (exact) mass is 330 g/mol. The smallest absolute Gasteiger partial charge is 0.292 e. The summed E-state index contributed by atoms with van der Waals surface area (Å²) in [6.07, 6.45) is -2.36. The van der Waals surface area contributed by atoms with Gasteiger partial charge in [-0.2, -0.15) is 18.3 Å². The molecule has 0 amide bonds. The predicted molar refractivity (Wildman–Crippen MR) is 86.7 cm³/mol. The van der Waals surface area contributed by atoms with E-state index >= 15 is 0 Å². The average Bonchev–Trinajstić information content (AvgIpc) is 2.90. The van der Waals surface area contributed by atoms with Crippen LogP contribution in [0.1, 0.15) is 34.7 Å². The van der Waals surface area contributed by atoms with Crippen LogP contribution in [-0.4, -0.2) is 17.8 Å². The highest BCUT2D eigenvalue weighted by Gasteiger charge is 2.40.